The third-order valence-corrected chi connectivity index (χ3v) is 4.06. The SMILES string of the molecule is Cc1ccc(C)c(NC(=O)CCN[C@@H](C)Cn2nc(C)cc2C)c1. The molecule has 130 valence electrons. The molecule has 5 nitrogen and oxygen atoms in total. The van der Waals surface area contributed by atoms with Gasteiger partial charge >= 0.3 is 0 Å². The van der Waals surface area contributed by atoms with Crippen molar-refractivity contribution in [3.05, 3.63) is 46.8 Å². The number of hydrogen-bond donors (Lipinski definition) is 2. The highest BCUT2D eigenvalue weighted by molar-refractivity contribution is 5.91. The van der Waals surface area contributed by atoms with Gasteiger partial charge in [0.25, 0.3) is 0 Å². The molecule has 0 aliphatic heterocycles. The first kappa shape index (κ1) is 18.2. The van der Waals surface area contributed by atoms with E-state index in [1.165, 1.54) is 0 Å². The maximum Gasteiger partial charge on any atom is 0.225 e. The van der Waals surface area contributed by atoms with E-state index in [-0.39, 0.29) is 11.9 Å². The van der Waals surface area contributed by atoms with Crippen molar-refractivity contribution in [2.75, 3.05) is 11.9 Å². The number of benzene rings is 1. The van der Waals surface area contributed by atoms with Crippen LogP contribution in [0.3, 0.4) is 0 Å². The van der Waals surface area contributed by atoms with E-state index in [2.05, 4.69) is 35.6 Å². The molecule has 1 heterocycles. The number of hydrogen-bond acceptors (Lipinski definition) is 3. The molecule has 1 amide bonds. The number of aromatic nitrogens is 2. The standard InChI is InChI=1S/C19H28N4O/c1-13-6-7-14(2)18(10-13)21-19(24)8-9-20-16(4)12-23-17(5)11-15(3)22-23/h6-7,10-11,16,20H,8-9,12H2,1-5H3,(H,21,24)/t16-/m0/s1. The molecule has 0 aliphatic carbocycles. The van der Waals surface area contributed by atoms with Gasteiger partial charge in [0.15, 0.2) is 0 Å². The quantitative estimate of drug-likeness (QED) is 0.821. The van der Waals surface area contributed by atoms with Gasteiger partial charge in [-0.15, -0.1) is 0 Å². The summed E-state index contributed by atoms with van der Waals surface area (Å²) >= 11 is 0. The summed E-state index contributed by atoms with van der Waals surface area (Å²) in [4.78, 5) is 12.1. The van der Waals surface area contributed by atoms with Crippen molar-refractivity contribution in [2.24, 2.45) is 0 Å². The van der Waals surface area contributed by atoms with Crippen LogP contribution >= 0.6 is 0 Å². The van der Waals surface area contributed by atoms with Crippen LogP contribution < -0.4 is 10.6 Å². The average Bonchev–Trinajstić information content (AvgIpc) is 2.80. The summed E-state index contributed by atoms with van der Waals surface area (Å²) in [5.74, 6) is 0.0366. The predicted molar refractivity (Wildman–Crippen MR) is 98.3 cm³/mol. The third-order valence-electron chi connectivity index (χ3n) is 4.06. The topological polar surface area (TPSA) is 59.0 Å². The van der Waals surface area contributed by atoms with Crippen LogP contribution in [0.15, 0.2) is 24.3 Å². The van der Waals surface area contributed by atoms with Gasteiger partial charge in [-0.3, -0.25) is 9.48 Å². The lowest BCUT2D eigenvalue weighted by atomic mass is 10.1. The van der Waals surface area contributed by atoms with E-state index in [1.807, 2.05) is 43.7 Å². The van der Waals surface area contributed by atoms with Crippen molar-refractivity contribution in [1.82, 2.24) is 15.1 Å². The molecule has 0 saturated carbocycles. The maximum absolute atomic E-state index is 12.1. The summed E-state index contributed by atoms with van der Waals surface area (Å²) in [7, 11) is 0. The Morgan fingerprint density at radius 2 is 1.96 bits per heavy atom. The molecular formula is C19H28N4O. The second kappa shape index (κ2) is 8.11. The van der Waals surface area contributed by atoms with E-state index >= 15 is 0 Å². The van der Waals surface area contributed by atoms with E-state index in [4.69, 9.17) is 0 Å². The van der Waals surface area contributed by atoms with Gasteiger partial charge in [-0.05, 0) is 57.9 Å². The van der Waals surface area contributed by atoms with Crippen molar-refractivity contribution < 1.29 is 4.79 Å². The molecule has 0 spiro atoms. The molecule has 1 aromatic heterocycles. The summed E-state index contributed by atoms with van der Waals surface area (Å²) in [6.07, 6.45) is 0.453. The Balaban J connectivity index is 1.76. The van der Waals surface area contributed by atoms with Gasteiger partial charge < -0.3 is 10.6 Å². The zero-order valence-corrected chi connectivity index (χ0v) is 15.3. The number of rotatable bonds is 7. The Hall–Kier alpha value is -2.14. The van der Waals surface area contributed by atoms with Crippen LogP contribution in [0.25, 0.3) is 0 Å². The third kappa shape index (κ3) is 5.20. The van der Waals surface area contributed by atoms with Crippen LogP contribution in [0.1, 0.15) is 35.9 Å². The predicted octanol–water partition coefficient (Wildman–Crippen LogP) is 3.12. The van der Waals surface area contributed by atoms with Crippen molar-refractivity contribution in [3.63, 3.8) is 0 Å². The summed E-state index contributed by atoms with van der Waals surface area (Å²) in [6, 6.07) is 8.42. The molecule has 0 bridgehead atoms. The zero-order valence-electron chi connectivity index (χ0n) is 15.3. The molecule has 0 fully saturated rings. The molecule has 0 saturated heterocycles. The van der Waals surface area contributed by atoms with Crippen LogP contribution in [0.4, 0.5) is 5.69 Å². The maximum atomic E-state index is 12.1. The van der Waals surface area contributed by atoms with Crippen LogP contribution in [-0.4, -0.2) is 28.3 Å². The van der Waals surface area contributed by atoms with Crippen LogP contribution in [0.5, 0.6) is 0 Å². The molecule has 0 unspecified atom stereocenters. The van der Waals surface area contributed by atoms with Crippen LogP contribution in [0, 0.1) is 27.7 Å². The molecular weight excluding hydrogens is 300 g/mol. The van der Waals surface area contributed by atoms with Gasteiger partial charge in [-0.2, -0.15) is 5.10 Å². The smallest absolute Gasteiger partial charge is 0.225 e. The lowest BCUT2D eigenvalue weighted by Crippen LogP contribution is -2.33. The normalized spacial score (nSPS) is 12.2. The second-order valence-electron chi connectivity index (χ2n) is 6.58. The number of nitrogens with one attached hydrogen (secondary N) is 2. The summed E-state index contributed by atoms with van der Waals surface area (Å²) in [5, 5.41) is 10.8. The molecule has 0 radical (unpaired) electrons. The number of amides is 1. The molecule has 0 aliphatic rings. The van der Waals surface area contributed by atoms with E-state index in [0.29, 0.717) is 13.0 Å². The highest BCUT2D eigenvalue weighted by Gasteiger charge is 2.09. The Morgan fingerprint density at radius 1 is 1.21 bits per heavy atom. The fourth-order valence-corrected chi connectivity index (χ4v) is 2.70. The summed E-state index contributed by atoms with van der Waals surface area (Å²) in [5.41, 5.74) is 5.32. The van der Waals surface area contributed by atoms with Crippen molar-refractivity contribution in [2.45, 2.75) is 53.6 Å². The zero-order chi connectivity index (χ0) is 17.7. The molecule has 5 heteroatoms. The van der Waals surface area contributed by atoms with E-state index in [9.17, 15) is 4.79 Å². The largest absolute Gasteiger partial charge is 0.326 e. The Bertz CT molecular complexity index is 705. The average molecular weight is 328 g/mol. The monoisotopic (exact) mass is 328 g/mol. The summed E-state index contributed by atoms with van der Waals surface area (Å²) in [6.45, 7) is 11.7. The fourth-order valence-electron chi connectivity index (χ4n) is 2.70. The lowest BCUT2D eigenvalue weighted by Gasteiger charge is -2.15. The van der Waals surface area contributed by atoms with Crippen LogP contribution in [0.2, 0.25) is 0 Å². The first-order valence-corrected chi connectivity index (χ1v) is 8.46. The molecule has 2 aromatic rings. The highest BCUT2D eigenvalue weighted by Crippen LogP contribution is 2.16. The highest BCUT2D eigenvalue weighted by atomic mass is 16.1. The second-order valence-corrected chi connectivity index (χ2v) is 6.58. The van der Waals surface area contributed by atoms with Gasteiger partial charge in [-0.1, -0.05) is 12.1 Å². The van der Waals surface area contributed by atoms with Crippen molar-refractivity contribution >= 4 is 11.6 Å². The van der Waals surface area contributed by atoms with Gasteiger partial charge in [-0.25, -0.2) is 0 Å². The Kier molecular flexibility index (Phi) is 6.15. The minimum atomic E-state index is 0.0366. The minimum Gasteiger partial charge on any atom is -0.326 e. The number of nitrogens with zero attached hydrogens (tertiary/aromatic N) is 2. The summed E-state index contributed by atoms with van der Waals surface area (Å²) < 4.78 is 2.00. The Morgan fingerprint density at radius 3 is 2.62 bits per heavy atom. The first-order chi connectivity index (χ1) is 11.3. The number of carbonyl (C=O) groups excluding carboxylic acids is 1. The van der Waals surface area contributed by atoms with Crippen molar-refractivity contribution in [3.8, 4) is 0 Å². The first-order valence-electron chi connectivity index (χ1n) is 8.46. The number of aryl methyl sites for hydroxylation is 4. The molecule has 2 N–H and O–H groups in total. The van der Waals surface area contributed by atoms with E-state index in [0.717, 1.165) is 34.7 Å². The fraction of sp³-hybridized carbons (Fsp3) is 0.474. The molecule has 1 atom stereocenters. The number of anilines is 1. The lowest BCUT2D eigenvalue weighted by molar-refractivity contribution is -0.116. The molecule has 1 aromatic carbocycles. The Labute approximate surface area is 144 Å². The van der Waals surface area contributed by atoms with Gasteiger partial charge in [0.1, 0.15) is 0 Å². The van der Waals surface area contributed by atoms with Crippen molar-refractivity contribution in [1.29, 1.82) is 0 Å². The van der Waals surface area contributed by atoms with Gasteiger partial charge in [0.2, 0.25) is 5.91 Å². The van der Waals surface area contributed by atoms with Gasteiger partial charge in [0, 0.05) is 30.4 Å². The molecule has 2 rings (SSSR count). The van der Waals surface area contributed by atoms with E-state index < -0.39 is 0 Å². The minimum absolute atomic E-state index is 0.0366. The van der Waals surface area contributed by atoms with Gasteiger partial charge in [0.05, 0.1) is 12.2 Å². The van der Waals surface area contributed by atoms with E-state index in [1.54, 1.807) is 0 Å². The molecule has 24 heavy (non-hydrogen) atoms. The number of carbonyl (C=O) groups is 1. The van der Waals surface area contributed by atoms with Crippen LogP contribution in [-0.2, 0) is 11.3 Å².